The molecule has 0 atom stereocenters. The summed E-state index contributed by atoms with van der Waals surface area (Å²) in [4.78, 5) is 12.3. The van der Waals surface area contributed by atoms with Gasteiger partial charge in [0, 0.05) is 29.1 Å². The number of thioether (sulfide) groups is 1. The minimum atomic E-state index is -3.65. The van der Waals surface area contributed by atoms with E-state index in [4.69, 9.17) is 21.1 Å². The monoisotopic (exact) mass is 456 g/mol. The second-order valence-electron chi connectivity index (χ2n) is 6.34. The third-order valence-electron chi connectivity index (χ3n) is 4.08. The first-order valence-electron chi connectivity index (χ1n) is 8.79. The minimum Gasteiger partial charge on any atom is -0.454 e. The highest BCUT2D eigenvalue weighted by molar-refractivity contribution is 7.98. The molecule has 1 N–H and O–H groups in total. The van der Waals surface area contributed by atoms with Crippen molar-refractivity contribution in [2.45, 2.75) is 5.75 Å². The van der Waals surface area contributed by atoms with Crippen molar-refractivity contribution in [3.8, 4) is 11.5 Å². The van der Waals surface area contributed by atoms with Gasteiger partial charge in [0.15, 0.2) is 11.5 Å². The molecule has 1 heterocycles. The Morgan fingerprint density at radius 2 is 1.90 bits per heavy atom. The van der Waals surface area contributed by atoms with E-state index >= 15 is 0 Å². The Morgan fingerprint density at radius 1 is 1.17 bits per heavy atom. The molecule has 0 saturated heterocycles. The maximum Gasteiger partial charge on any atom is 0.240 e. The van der Waals surface area contributed by atoms with Crippen LogP contribution in [0.15, 0.2) is 42.5 Å². The van der Waals surface area contributed by atoms with E-state index < -0.39 is 10.0 Å². The van der Waals surface area contributed by atoms with Crippen LogP contribution < -0.4 is 19.1 Å². The van der Waals surface area contributed by atoms with Crippen molar-refractivity contribution in [2.75, 3.05) is 36.2 Å². The molecule has 1 aliphatic rings. The second kappa shape index (κ2) is 9.60. The molecule has 0 aliphatic carbocycles. The highest BCUT2D eigenvalue weighted by Crippen LogP contribution is 2.36. The van der Waals surface area contributed by atoms with Gasteiger partial charge in [-0.15, -0.1) is 0 Å². The van der Waals surface area contributed by atoms with E-state index in [2.05, 4.69) is 5.32 Å². The number of rotatable bonds is 9. The van der Waals surface area contributed by atoms with Crippen molar-refractivity contribution in [1.82, 2.24) is 5.32 Å². The maximum atomic E-state index is 12.3. The summed E-state index contributed by atoms with van der Waals surface area (Å²) in [5.74, 6) is 2.14. The van der Waals surface area contributed by atoms with Crippen molar-refractivity contribution < 1.29 is 22.7 Å². The van der Waals surface area contributed by atoms with Gasteiger partial charge in [-0.1, -0.05) is 23.7 Å². The predicted molar refractivity (Wildman–Crippen MR) is 115 cm³/mol. The molecule has 0 unspecified atom stereocenters. The molecule has 3 rings (SSSR count). The largest absolute Gasteiger partial charge is 0.454 e. The second-order valence-corrected chi connectivity index (χ2v) is 9.78. The summed E-state index contributed by atoms with van der Waals surface area (Å²) in [5.41, 5.74) is 1.50. The van der Waals surface area contributed by atoms with Gasteiger partial charge in [0.1, 0.15) is 6.54 Å². The molecule has 1 aliphatic heterocycles. The van der Waals surface area contributed by atoms with Crippen molar-refractivity contribution in [3.05, 3.63) is 53.1 Å². The van der Waals surface area contributed by atoms with Crippen LogP contribution in [0.5, 0.6) is 11.5 Å². The fourth-order valence-corrected chi connectivity index (χ4v) is 4.45. The summed E-state index contributed by atoms with van der Waals surface area (Å²) in [7, 11) is -3.65. The fraction of sp³-hybridized carbons (Fsp3) is 0.316. The van der Waals surface area contributed by atoms with E-state index in [1.54, 1.807) is 30.0 Å². The molecule has 0 spiro atoms. The molecule has 2 aromatic rings. The lowest BCUT2D eigenvalue weighted by Gasteiger charge is -2.22. The molecule has 0 aromatic heterocycles. The summed E-state index contributed by atoms with van der Waals surface area (Å²) in [5, 5.41) is 3.46. The predicted octanol–water partition coefficient (Wildman–Crippen LogP) is 2.88. The average molecular weight is 457 g/mol. The van der Waals surface area contributed by atoms with Crippen LogP contribution in [0.2, 0.25) is 5.02 Å². The number of sulfonamides is 1. The molecule has 29 heavy (non-hydrogen) atoms. The summed E-state index contributed by atoms with van der Waals surface area (Å²) >= 11 is 7.53. The zero-order valence-electron chi connectivity index (χ0n) is 15.8. The molecule has 1 amide bonds. The molecule has 156 valence electrons. The number of halogens is 1. The lowest BCUT2D eigenvalue weighted by Crippen LogP contribution is -2.41. The van der Waals surface area contributed by atoms with Gasteiger partial charge in [-0.2, -0.15) is 11.8 Å². The van der Waals surface area contributed by atoms with Gasteiger partial charge >= 0.3 is 0 Å². The number of nitrogens with one attached hydrogen (secondary N) is 1. The molecular formula is C19H21ClN2O5S2. The molecule has 0 fully saturated rings. The molecule has 10 heteroatoms. The summed E-state index contributed by atoms with van der Waals surface area (Å²) in [6, 6.07) is 12.4. The Hall–Kier alpha value is -2.10. The van der Waals surface area contributed by atoms with Crippen LogP contribution in [0.3, 0.4) is 0 Å². The Labute approximate surface area is 179 Å². The Kier molecular flexibility index (Phi) is 7.15. The summed E-state index contributed by atoms with van der Waals surface area (Å²) in [6.07, 6.45) is 1.06. The first kappa shape index (κ1) is 21.6. The number of benzene rings is 2. The van der Waals surface area contributed by atoms with E-state index in [0.29, 0.717) is 34.5 Å². The topological polar surface area (TPSA) is 84.9 Å². The van der Waals surface area contributed by atoms with Crippen LogP contribution in [0.25, 0.3) is 0 Å². The summed E-state index contributed by atoms with van der Waals surface area (Å²) < 4.78 is 35.9. The molecule has 0 radical (unpaired) electrons. The van der Waals surface area contributed by atoms with Crippen LogP contribution in [-0.4, -0.2) is 46.2 Å². The van der Waals surface area contributed by atoms with Gasteiger partial charge in [0.2, 0.25) is 22.7 Å². The molecule has 2 aromatic carbocycles. The number of carbonyl (C=O) groups excluding carboxylic acids is 1. The lowest BCUT2D eigenvalue weighted by molar-refractivity contribution is -0.119. The maximum absolute atomic E-state index is 12.3. The van der Waals surface area contributed by atoms with Crippen LogP contribution in [-0.2, 0) is 20.6 Å². The smallest absolute Gasteiger partial charge is 0.240 e. The van der Waals surface area contributed by atoms with Crippen molar-refractivity contribution >= 4 is 45.0 Å². The number of ether oxygens (including phenoxy) is 2. The van der Waals surface area contributed by atoms with E-state index in [-0.39, 0.29) is 19.2 Å². The average Bonchev–Trinajstić information content (AvgIpc) is 3.14. The quantitative estimate of drug-likeness (QED) is 0.584. The van der Waals surface area contributed by atoms with E-state index in [0.717, 1.165) is 21.9 Å². The van der Waals surface area contributed by atoms with Crippen molar-refractivity contribution in [2.24, 2.45) is 0 Å². The van der Waals surface area contributed by atoms with E-state index in [1.165, 1.54) is 0 Å². The number of hydrogen-bond donors (Lipinski definition) is 1. The fourth-order valence-electron chi connectivity index (χ4n) is 2.66. The SMILES string of the molecule is CS(=O)(=O)N(CC(=O)NCCSCc1ccc(Cl)cc1)c1ccc2c(c1)OCO2. The highest BCUT2D eigenvalue weighted by Gasteiger charge is 2.23. The number of fused-ring (bicyclic) bond motifs is 1. The number of anilines is 1. The number of carbonyl (C=O) groups is 1. The number of amides is 1. The van der Waals surface area contributed by atoms with Gasteiger partial charge in [0.05, 0.1) is 11.9 Å². The zero-order valence-corrected chi connectivity index (χ0v) is 18.1. The third-order valence-corrected chi connectivity index (χ3v) is 6.51. The molecule has 0 bridgehead atoms. The van der Waals surface area contributed by atoms with Crippen LogP contribution in [0.1, 0.15) is 5.56 Å². The first-order chi connectivity index (χ1) is 13.8. The van der Waals surface area contributed by atoms with Gasteiger partial charge in [0.25, 0.3) is 0 Å². The van der Waals surface area contributed by atoms with Gasteiger partial charge < -0.3 is 14.8 Å². The van der Waals surface area contributed by atoms with Gasteiger partial charge in [-0.05, 0) is 29.8 Å². The van der Waals surface area contributed by atoms with Crippen LogP contribution in [0, 0.1) is 0 Å². The van der Waals surface area contributed by atoms with Gasteiger partial charge in [-0.25, -0.2) is 8.42 Å². The zero-order chi connectivity index (χ0) is 20.9. The van der Waals surface area contributed by atoms with E-state index in [9.17, 15) is 13.2 Å². The van der Waals surface area contributed by atoms with Crippen molar-refractivity contribution in [3.63, 3.8) is 0 Å². The molecule has 0 saturated carbocycles. The van der Waals surface area contributed by atoms with E-state index in [1.807, 2.05) is 24.3 Å². The number of hydrogen-bond acceptors (Lipinski definition) is 6. The highest BCUT2D eigenvalue weighted by atomic mass is 35.5. The van der Waals surface area contributed by atoms with Crippen LogP contribution in [0.4, 0.5) is 5.69 Å². The van der Waals surface area contributed by atoms with Gasteiger partial charge in [-0.3, -0.25) is 9.10 Å². The molecular weight excluding hydrogens is 436 g/mol. The Morgan fingerprint density at radius 3 is 2.62 bits per heavy atom. The number of nitrogens with zero attached hydrogens (tertiary/aromatic N) is 1. The Bertz CT molecular complexity index is 967. The minimum absolute atomic E-state index is 0.0891. The first-order valence-corrected chi connectivity index (χ1v) is 12.2. The van der Waals surface area contributed by atoms with Crippen molar-refractivity contribution in [1.29, 1.82) is 0 Å². The molecule has 7 nitrogen and oxygen atoms in total. The summed E-state index contributed by atoms with van der Waals surface area (Å²) in [6.45, 7) is 0.224. The third kappa shape index (κ3) is 6.19. The lowest BCUT2D eigenvalue weighted by atomic mass is 10.2. The normalized spacial score (nSPS) is 12.6. The van der Waals surface area contributed by atoms with Crippen LogP contribution >= 0.6 is 23.4 Å². The standard InChI is InChI=1S/C19H21ClN2O5S2/c1-29(24,25)22(16-6-7-17-18(10-16)27-13-26-17)11-19(23)21-8-9-28-12-14-2-4-15(20)5-3-14/h2-7,10H,8-9,11-13H2,1H3,(H,21,23). The Balaban J connectivity index is 1.49.